The van der Waals surface area contributed by atoms with Crippen molar-refractivity contribution in [2.24, 2.45) is 5.92 Å². The van der Waals surface area contributed by atoms with Crippen LogP contribution in [0.2, 0.25) is 0 Å². The zero-order valence-electron chi connectivity index (χ0n) is 11.8. The quantitative estimate of drug-likeness (QED) is 0.896. The van der Waals surface area contributed by atoms with E-state index in [1.165, 1.54) is 12.8 Å². The maximum atomic E-state index is 10.2. The smallest absolute Gasteiger partial charge is 0.229 e. The molecule has 1 atom stereocenters. The highest BCUT2D eigenvalue weighted by Crippen LogP contribution is 2.29. The molecule has 1 aliphatic carbocycles. The van der Waals surface area contributed by atoms with Crippen LogP contribution < -0.4 is 0 Å². The molecule has 0 radical (unpaired) electrons. The predicted molar refractivity (Wildman–Crippen MR) is 82.9 cm³/mol. The van der Waals surface area contributed by atoms with Crippen LogP contribution in [0.25, 0.3) is 0 Å². The number of rotatable bonds is 5. The van der Waals surface area contributed by atoms with Crippen molar-refractivity contribution >= 4 is 15.9 Å². The highest BCUT2D eigenvalue weighted by molar-refractivity contribution is 9.10. The molecule has 1 N–H and O–H groups in total. The normalized spacial score (nSPS) is 17.2. The molecule has 21 heavy (non-hydrogen) atoms. The molecule has 1 fully saturated rings. The summed E-state index contributed by atoms with van der Waals surface area (Å²) in [5.41, 5.74) is 1.13. The van der Waals surface area contributed by atoms with Crippen LogP contribution in [0.4, 0.5) is 0 Å². The van der Waals surface area contributed by atoms with Crippen LogP contribution in [0.5, 0.6) is 0 Å². The molecule has 0 bridgehead atoms. The third kappa shape index (κ3) is 3.71. The maximum absolute atomic E-state index is 10.2. The Bertz CT molecular complexity index is 593. The van der Waals surface area contributed by atoms with Crippen molar-refractivity contribution in [2.45, 2.75) is 44.6 Å². The van der Waals surface area contributed by atoms with Gasteiger partial charge in [-0.1, -0.05) is 52.1 Å². The Balaban J connectivity index is 1.62. The first kappa shape index (κ1) is 14.7. The fourth-order valence-corrected chi connectivity index (χ4v) is 3.37. The van der Waals surface area contributed by atoms with E-state index in [9.17, 15) is 5.11 Å². The minimum Gasteiger partial charge on any atom is -0.392 e. The zero-order chi connectivity index (χ0) is 14.7. The summed E-state index contributed by atoms with van der Waals surface area (Å²) in [6, 6.07) is 8.01. The monoisotopic (exact) mass is 350 g/mol. The van der Waals surface area contributed by atoms with Gasteiger partial charge in [-0.2, -0.15) is 4.98 Å². The van der Waals surface area contributed by atoms with E-state index in [-0.39, 0.29) is 6.10 Å². The van der Waals surface area contributed by atoms with Gasteiger partial charge in [0.15, 0.2) is 5.82 Å². The van der Waals surface area contributed by atoms with Crippen LogP contribution in [0.15, 0.2) is 33.3 Å². The standard InChI is InChI=1S/C16H19BrN2O2/c17-13-8-4-3-7-12(13)9-15-18-16(21-19-15)10-14(20)11-5-1-2-6-11/h3-4,7-8,11,14,20H,1-2,5-6,9-10H2. The number of aromatic nitrogens is 2. The van der Waals surface area contributed by atoms with Crippen molar-refractivity contribution in [3.8, 4) is 0 Å². The second kappa shape index (κ2) is 6.71. The predicted octanol–water partition coefficient (Wildman–Crippen LogP) is 3.52. The number of hydrogen-bond acceptors (Lipinski definition) is 4. The number of benzene rings is 1. The molecule has 0 aliphatic heterocycles. The van der Waals surface area contributed by atoms with Gasteiger partial charge in [-0.15, -0.1) is 0 Å². The fourth-order valence-electron chi connectivity index (χ4n) is 2.94. The average Bonchev–Trinajstić information content (AvgIpc) is 3.13. The summed E-state index contributed by atoms with van der Waals surface area (Å²) in [5.74, 6) is 1.59. The summed E-state index contributed by atoms with van der Waals surface area (Å²) in [5, 5.41) is 14.2. The SMILES string of the molecule is OC(Cc1nc(Cc2ccccc2Br)no1)C1CCCC1. The van der Waals surface area contributed by atoms with Gasteiger partial charge in [-0.05, 0) is 30.4 Å². The molecule has 1 heterocycles. The minimum absolute atomic E-state index is 0.357. The Morgan fingerprint density at radius 1 is 1.29 bits per heavy atom. The van der Waals surface area contributed by atoms with Crippen LogP contribution in [0.3, 0.4) is 0 Å². The molecule has 1 aliphatic rings. The van der Waals surface area contributed by atoms with E-state index >= 15 is 0 Å². The Morgan fingerprint density at radius 2 is 2.05 bits per heavy atom. The highest BCUT2D eigenvalue weighted by atomic mass is 79.9. The lowest BCUT2D eigenvalue weighted by atomic mass is 9.98. The van der Waals surface area contributed by atoms with Crippen molar-refractivity contribution in [2.75, 3.05) is 0 Å². The van der Waals surface area contributed by atoms with Crippen LogP contribution in [-0.2, 0) is 12.8 Å². The van der Waals surface area contributed by atoms with Crippen molar-refractivity contribution in [1.29, 1.82) is 0 Å². The van der Waals surface area contributed by atoms with E-state index in [0.717, 1.165) is 22.9 Å². The van der Waals surface area contributed by atoms with Crippen molar-refractivity contribution in [3.05, 3.63) is 46.0 Å². The molecular weight excluding hydrogens is 332 g/mol. The Hall–Kier alpha value is -1.20. The van der Waals surface area contributed by atoms with E-state index in [2.05, 4.69) is 26.1 Å². The van der Waals surface area contributed by atoms with Crippen molar-refractivity contribution < 1.29 is 9.63 Å². The van der Waals surface area contributed by atoms with E-state index in [4.69, 9.17) is 4.52 Å². The zero-order valence-corrected chi connectivity index (χ0v) is 13.4. The number of aliphatic hydroxyl groups is 1. The fraction of sp³-hybridized carbons (Fsp3) is 0.500. The Labute approximate surface area is 132 Å². The molecule has 112 valence electrons. The Morgan fingerprint density at radius 3 is 2.81 bits per heavy atom. The van der Waals surface area contributed by atoms with E-state index in [1.54, 1.807) is 0 Å². The lowest BCUT2D eigenvalue weighted by Gasteiger charge is -2.14. The van der Waals surface area contributed by atoms with E-state index in [0.29, 0.717) is 30.5 Å². The first-order valence-corrected chi connectivity index (χ1v) is 8.24. The number of halogens is 1. The molecule has 1 saturated carbocycles. The summed E-state index contributed by atoms with van der Waals surface area (Å²) in [6.45, 7) is 0. The molecule has 1 aromatic heterocycles. The van der Waals surface area contributed by atoms with Gasteiger partial charge in [0.2, 0.25) is 5.89 Å². The molecule has 3 rings (SSSR count). The number of nitrogens with zero attached hydrogens (tertiary/aromatic N) is 2. The van der Waals surface area contributed by atoms with Gasteiger partial charge in [0.05, 0.1) is 12.5 Å². The summed E-state index contributed by atoms with van der Waals surface area (Å²) < 4.78 is 6.31. The summed E-state index contributed by atoms with van der Waals surface area (Å²) in [6.07, 6.45) is 5.40. The van der Waals surface area contributed by atoms with E-state index < -0.39 is 0 Å². The molecular formula is C16H19BrN2O2. The van der Waals surface area contributed by atoms with Gasteiger partial charge >= 0.3 is 0 Å². The van der Waals surface area contributed by atoms with Crippen molar-refractivity contribution in [3.63, 3.8) is 0 Å². The Kier molecular flexibility index (Phi) is 4.70. The van der Waals surface area contributed by atoms with Gasteiger partial charge in [0, 0.05) is 10.9 Å². The molecule has 2 aromatic rings. The van der Waals surface area contributed by atoms with Gasteiger partial charge in [-0.25, -0.2) is 0 Å². The van der Waals surface area contributed by atoms with Crippen molar-refractivity contribution in [1.82, 2.24) is 10.1 Å². The second-order valence-corrected chi connectivity index (χ2v) is 6.54. The summed E-state index contributed by atoms with van der Waals surface area (Å²) in [4.78, 5) is 4.40. The molecule has 5 heteroatoms. The highest BCUT2D eigenvalue weighted by Gasteiger charge is 2.25. The van der Waals surface area contributed by atoms with Gasteiger partial charge in [0.1, 0.15) is 0 Å². The van der Waals surface area contributed by atoms with Gasteiger partial charge in [-0.3, -0.25) is 0 Å². The molecule has 0 saturated heterocycles. The molecule has 1 unspecified atom stereocenters. The largest absolute Gasteiger partial charge is 0.392 e. The third-order valence-electron chi connectivity index (χ3n) is 4.14. The van der Waals surface area contributed by atoms with Gasteiger partial charge in [0.25, 0.3) is 0 Å². The average molecular weight is 351 g/mol. The molecule has 0 amide bonds. The number of aliphatic hydroxyl groups excluding tert-OH is 1. The lowest BCUT2D eigenvalue weighted by Crippen LogP contribution is -2.20. The summed E-state index contributed by atoms with van der Waals surface area (Å²) in [7, 11) is 0. The number of hydrogen-bond donors (Lipinski definition) is 1. The molecule has 1 aromatic carbocycles. The molecule has 0 spiro atoms. The lowest BCUT2D eigenvalue weighted by molar-refractivity contribution is 0.102. The van der Waals surface area contributed by atoms with Crippen LogP contribution in [0, 0.1) is 5.92 Å². The second-order valence-electron chi connectivity index (χ2n) is 5.69. The van der Waals surface area contributed by atoms with E-state index in [1.807, 2.05) is 24.3 Å². The summed E-state index contributed by atoms with van der Waals surface area (Å²) >= 11 is 3.52. The maximum Gasteiger partial charge on any atom is 0.229 e. The minimum atomic E-state index is -0.357. The third-order valence-corrected chi connectivity index (χ3v) is 4.92. The van der Waals surface area contributed by atoms with Gasteiger partial charge < -0.3 is 9.63 Å². The first-order chi connectivity index (χ1) is 10.2. The topological polar surface area (TPSA) is 59.2 Å². The first-order valence-electron chi connectivity index (χ1n) is 7.45. The van der Waals surface area contributed by atoms with Crippen LogP contribution >= 0.6 is 15.9 Å². The van der Waals surface area contributed by atoms with Crippen LogP contribution in [0.1, 0.15) is 43.0 Å². The van der Waals surface area contributed by atoms with Crippen LogP contribution in [-0.4, -0.2) is 21.4 Å². The molecule has 4 nitrogen and oxygen atoms in total.